The summed E-state index contributed by atoms with van der Waals surface area (Å²) in [6.45, 7) is 4.26. The summed E-state index contributed by atoms with van der Waals surface area (Å²) in [5.41, 5.74) is 1.96. The molecule has 0 amide bonds. The Morgan fingerprint density at radius 2 is 1.82 bits per heavy atom. The third kappa shape index (κ3) is 4.92. The molecule has 4 nitrogen and oxygen atoms in total. The molecule has 0 spiro atoms. The minimum atomic E-state index is -0.576. The molecule has 3 atom stereocenters. The molecule has 0 saturated heterocycles. The van der Waals surface area contributed by atoms with Crippen molar-refractivity contribution in [2.75, 3.05) is 0 Å². The van der Waals surface area contributed by atoms with Gasteiger partial charge in [0, 0.05) is 18.8 Å². The summed E-state index contributed by atoms with van der Waals surface area (Å²) < 4.78 is 0. The third-order valence-electron chi connectivity index (χ3n) is 5.70. The van der Waals surface area contributed by atoms with Crippen molar-refractivity contribution in [2.45, 2.75) is 64.7 Å². The zero-order chi connectivity index (χ0) is 19.9. The Kier molecular flexibility index (Phi) is 7.07. The maximum atomic E-state index is 13.4. The predicted octanol–water partition coefficient (Wildman–Crippen LogP) is 4.92. The number of hydrogen-bond acceptors (Lipinski definition) is 4. The smallest absolute Gasteiger partial charge is 0.158 e. The van der Waals surface area contributed by atoms with Gasteiger partial charge in [-0.25, -0.2) is 9.97 Å². The van der Waals surface area contributed by atoms with Gasteiger partial charge >= 0.3 is 0 Å². The van der Waals surface area contributed by atoms with Gasteiger partial charge in [0.1, 0.15) is 17.5 Å². The number of aryl methyl sites for hydroxylation is 1. The van der Waals surface area contributed by atoms with Crippen LogP contribution >= 0.6 is 0 Å². The fourth-order valence-corrected chi connectivity index (χ4v) is 4.01. The summed E-state index contributed by atoms with van der Waals surface area (Å²) in [7, 11) is 0. The van der Waals surface area contributed by atoms with Crippen molar-refractivity contribution >= 4 is 11.6 Å². The molecule has 0 bridgehead atoms. The number of hydrogen-bond donors (Lipinski definition) is 0. The lowest BCUT2D eigenvalue weighted by Crippen LogP contribution is -2.34. The van der Waals surface area contributed by atoms with E-state index < -0.39 is 11.8 Å². The Labute approximate surface area is 167 Å². The molecule has 3 rings (SSSR count). The molecule has 4 heteroatoms. The molecule has 1 aromatic carbocycles. The van der Waals surface area contributed by atoms with Gasteiger partial charge in [-0.1, -0.05) is 57.0 Å². The van der Waals surface area contributed by atoms with Gasteiger partial charge in [-0.3, -0.25) is 9.59 Å². The van der Waals surface area contributed by atoms with Crippen molar-refractivity contribution in [3.05, 3.63) is 59.7 Å². The molecule has 0 aliphatic heterocycles. The zero-order valence-corrected chi connectivity index (χ0v) is 16.9. The SMILES string of the molecule is CCCCCc1cnc(C(C(=O)C2CCC(C)CC2=O)c2ccccc2)nc1. The van der Waals surface area contributed by atoms with Gasteiger partial charge in [0.15, 0.2) is 5.78 Å². The maximum Gasteiger partial charge on any atom is 0.158 e. The summed E-state index contributed by atoms with van der Waals surface area (Å²) in [5.74, 6) is -0.225. The van der Waals surface area contributed by atoms with Crippen LogP contribution in [0.4, 0.5) is 0 Å². The van der Waals surface area contributed by atoms with Gasteiger partial charge in [-0.05, 0) is 42.7 Å². The molecular formula is C24H30N2O2. The van der Waals surface area contributed by atoms with Gasteiger partial charge in [0.25, 0.3) is 0 Å². The normalized spacial score (nSPS) is 20.7. The highest BCUT2D eigenvalue weighted by Gasteiger charge is 2.38. The van der Waals surface area contributed by atoms with Crippen molar-refractivity contribution in [3.63, 3.8) is 0 Å². The Morgan fingerprint density at radius 1 is 1.11 bits per heavy atom. The molecule has 1 aromatic heterocycles. The highest BCUT2D eigenvalue weighted by atomic mass is 16.2. The number of carbonyl (C=O) groups excluding carboxylic acids is 2. The fourth-order valence-electron chi connectivity index (χ4n) is 4.01. The quantitative estimate of drug-likeness (QED) is 0.483. The average Bonchev–Trinajstić information content (AvgIpc) is 2.70. The highest BCUT2D eigenvalue weighted by molar-refractivity contribution is 6.06. The molecule has 1 saturated carbocycles. The summed E-state index contributed by atoms with van der Waals surface area (Å²) in [5, 5.41) is 0. The number of unbranched alkanes of at least 4 members (excludes halogenated alkanes) is 2. The molecule has 2 aromatic rings. The van der Waals surface area contributed by atoms with Crippen LogP contribution in [0, 0.1) is 11.8 Å². The van der Waals surface area contributed by atoms with Crippen molar-refractivity contribution in [2.24, 2.45) is 11.8 Å². The average molecular weight is 379 g/mol. The second kappa shape index (κ2) is 9.72. The van der Waals surface area contributed by atoms with Crippen LogP contribution in [0.1, 0.15) is 75.2 Å². The van der Waals surface area contributed by atoms with Gasteiger partial charge in [0.05, 0.1) is 5.92 Å². The van der Waals surface area contributed by atoms with E-state index in [1.165, 1.54) is 12.8 Å². The van der Waals surface area contributed by atoms with Crippen LogP contribution in [0.25, 0.3) is 0 Å². The maximum absolute atomic E-state index is 13.4. The molecule has 0 N–H and O–H groups in total. The lowest BCUT2D eigenvalue weighted by Gasteiger charge is -2.27. The highest BCUT2D eigenvalue weighted by Crippen LogP contribution is 2.33. The number of rotatable bonds is 8. The molecule has 1 aliphatic rings. The molecule has 28 heavy (non-hydrogen) atoms. The first-order valence-corrected chi connectivity index (χ1v) is 10.5. The van der Waals surface area contributed by atoms with Crippen LogP contribution in [0.3, 0.4) is 0 Å². The van der Waals surface area contributed by atoms with Crippen molar-refractivity contribution in [1.82, 2.24) is 9.97 Å². The Hall–Kier alpha value is -2.36. The van der Waals surface area contributed by atoms with E-state index >= 15 is 0 Å². The summed E-state index contributed by atoms with van der Waals surface area (Å²) >= 11 is 0. The fraction of sp³-hybridized carbons (Fsp3) is 0.500. The second-order valence-electron chi connectivity index (χ2n) is 8.06. The third-order valence-corrected chi connectivity index (χ3v) is 5.70. The summed E-state index contributed by atoms with van der Waals surface area (Å²) in [4.78, 5) is 35.1. The zero-order valence-electron chi connectivity index (χ0n) is 16.9. The van der Waals surface area contributed by atoms with E-state index in [1.54, 1.807) is 0 Å². The molecule has 1 fully saturated rings. The topological polar surface area (TPSA) is 59.9 Å². The monoisotopic (exact) mass is 378 g/mol. The van der Waals surface area contributed by atoms with E-state index in [-0.39, 0.29) is 11.6 Å². The molecule has 148 valence electrons. The Morgan fingerprint density at radius 3 is 2.46 bits per heavy atom. The van der Waals surface area contributed by atoms with Crippen LogP contribution in [-0.4, -0.2) is 21.5 Å². The lowest BCUT2D eigenvalue weighted by molar-refractivity contribution is -0.135. The van der Waals surface area contributed by atoms with E-state index in [2.05, 4.69) is 23.8 Å². The Bertz CT molecular complexity index is 786. The van der Waals surface area contributed by atoms with Crippen LogP contribution in [0.15, 0.2) is 42.7 Å². The summed E-state index contributed by atoms with van der Waals surface area (Å²) in [6.07, 6.45) is 10.2. The van der Waals surface area contributed by atoms with Gasteiger partial charge < -0.3 is 0 Å². The van der Waals surface area contributed by atoms with E-state index in [9.17, 15) is 9.59 Å². The van der Waals surface area contributed by atoms with E-state index in [0.717, 1.165) is 30.4 Å². The van der Waals surface area contributed by atoms with E-state index in [0.29, 0.717) is 24.6 Å². The van der Waals surface area contributed by atoms with E-state index in [1.807, 2.05) is 42.7 Å². The number of aromatic nitrogens is 2. The molecule has 0 radical (unpaired) electrons. The minimum absolute atomic E-state index is 0.0539. The van der Waals surface area contributed by atoms with Crippen molar-refractivity contribution in [3.8, 4) is 0 Å². The molecule has 3 unspecified atom stereocenters. The number of benzene rings is 1. The van der Waals surface area contributed by atoms with E-state index in [4.69, 9.17) is 0 Å². The number of Topliss-reactive ketones (excluding diaryl/α,β-unsaturated/α-hetero) is 2. The first-order chi connectivity index (χ1) is 13.6. The number of ketones is 2. The lowest BCUT2D eigenvalue weighted by atomic mass is 9.75. The molecular weight excluding hydrogens is 348 g/mol. The Balaban J connectivity index is 1.86. The second-order valence-corrected chi connectivity index (χ2v) is 8.06. The van der Waals surface area contributed by atoms with Crippen LogP contribution < -0.4 is 0 Å². The van der Waals surface area contributed by atoms with Crippen LogP contribution in [0.2, 0.25) is 0 Å². The van der Waals surface area contributed by atoms with Crippen LogP contribution in [0.5, 0.6) is 0 Å². The first-order valence-electron chi connectivity index (χ1n) is 10.5. The predicted molar refractivity (Wildman–Crippen MR) is 110 cm³/mol. The largest absolute Gasteiger partial charge is 0.299 e. The number of carbonyl (C=O) groups is 2. The van der Waals surface area contributed by atoms with Gasteiger partial charge in [-0.2, -0.15) is 0 Å². The standard InChI is InChI=1S/C24H30N2O2/c1-3-4-6-9-18-15-25-24(26-16-18)22(19-10-7-5-8-11-19)23(28)20-13-12-17(2)14-21(20)27/h5,7-8,10-11,15-17,20,22H,3-4,6,9,12-14H2,1-2H3. The van der Waals surface area contributed by atoms with Gasteiger partial charge in [-0.15, -0.1) is 0 Å². The van der Waals surface area contributed by atoms with Crippen molar-refractivity contribution < 1.29 is 9.59 Å². The van der Waals surface area contributed by atoms with Crippen molar-refractivity contribution in [1.29, 1.82) is 0 Å². The molecule has 1 heterocycles. The first kappa shape index (κ1) is 20.4. The molecule has 1 aliphatic carbocycles. The minimum Gasteiger partial charge on any atom is -0.299 e. The van der Waals surface area contributed by atoms with Crippen LogP contribution in [-0.2, 0) is 16.0 Å². The van der Waals surface area contributed by atoms with Gasteiger partial charge in [0.2, 0.25) is 0 Å². The summed E-state index contributed by atoms with van der Waals surface area (Å²) in [6, 6.07) is 9.61. The number of nitrogens with zero attached hydrogens (tertiary/aromatic N) is 2.